The molecule has 0 aromatic heterocycles. The van der Waals surface area contributed by atoms with Gasteiger partial charge in [-0.15, -0.1) is 0 Å². The SMILES string of the molecule is CCOc1ccc(CN(C)C(=O)COc2ccccc2F)cc1. The topological polar surface area (TPSA) is 38.8 Å². The van der Waals surface area contributed by atoms with E-state index in [4.69, 9.17) is 9.47 Å². The van der Waals surface area contributed by atoms with Crippen LogP contribution >= 0.6 is 0 Å². The first kappa shape index (κ1) is 16.8. The zero-order chi connectivity index (χ0) is 16.7. The molecule has 0 unspecified atom stereocenters. The smallest absolute Gasteiger partial charge is 0.260 e. The molecule has 0 aliphatic heterocycles. The lowest BCUT2D eigenvalue weighted by atomic mass is 10.2. The summed E-state index contributed by atoms with van der Waals surface area (Å²) in [6, 6.07) is 13.6. The van der Waals surface area contributed by atoms with E-state index >= 15 is 0 Å². The van der Waals surface area contributed by atoms with Gasteiger partial charge in [-0.2, -0.15) is 0 Å². The molecule has 0 atom stereocenters. The Balaban J connectivity index is 1.86. The lowest BCUT2D eigenvalue weighted by Crippen LogP contribution is -2.31. The number of benzene rings is 2. The van der Waals surface area contributed by atoms with Crippen LogP contribution in [-0.2, 0) is 11.3 Å². The van der Waals surface area contributed by atoms with Gasteiger partial charge in [0.05, 0.1) is 6.61 Å². The Morgan fingerprint density at radius 2 is 1.78 bits per heavy atom. The Morgan fingerprint density at radius 3 is 2.43 bits per heavy atom. The van der Waals surface area contributed by atoms with E-state index in [0.29, 0.717) is 13.2 Å². The van der Waals surface area contributed by atoms with Crippen LogP contribution in [0.3, 0.4) is 0 Å². The van der Waals surface area contributed by atoms with Crippen LogP contribution in [0.25, 0.3) is 0 Å². The molecule has 0 radical (unpaired) electrons. The summed E-state index contributed by atoms with van der Waals surface area (Å²) in [6.07, 6.45) is 0. The van der Waals surface area contributed by atoms with E-state index in [2.05, 4.69) is 0 Å². The van der Waals surface area contributed by atoms with Gasteiger partial charge in [-0.1, -0.05) is 24.3 Å². The summed E-state index contributed by atoms with van der Waals surface area (Å²) in [5.74, 6) is 0.181. The molecule has 0 bridgehead atoms. The van der Waals surface area contributed by atoms with Gasteiger partial charge in [-0.3, -0.25) is 4.79 Å². The summed E-state index contributed by atoms with van der Waals surface area (Å²) < 4.78 is 24.0. The largest absolute Gasteiger partial charge is 0.494 e. The Morgan fingerprint density at radius 1 is 1.09 bits per heavy atom. The molecule has 0 spiro atoms. The fourth-order valence-electron chi connectivity index (χ4n) is 2.03. The van der Waals surface area contributed by atoms with E-state index in [-0.39, 0.29) is 18.3 Å². The zero-order valence-electron chi connectivity index (χ0n) is 13.3. The van der Waals surface area contributed by atoms with Crippen LogP contribution in [0, 0.1) is 5.82 Å². The Labute approximate surface area is 135 Å². The average molecular weight is 317 g/mol. The molecular formula is C18H20FNO3. The lowest BCUT2D eigenvalue weighted by Gasteiger charge is -2.18. The van der Waals surface area contributed by atoms with Crippen molar-refractivity contribution < 1.29 is 18.7 Å². The maximum Gasteiger partial charge on any atom is 0.260 e. The number of carbonyl (C=O) groups is 1. The summed E-state index contributed by atoms with van der Waals surface area (Å²) in [4.78, 5) is 13.6. The Bertz CT molecular complexity index is 643. The fourth-order valence-corrected chi connectivity index (χ4v) is 2.03. The molecule has 2 rings (SSSR count). The van der Waals surface area contributed by atoms with E-state index < -0.39 is 5.82 Å². The van der Waals surface area contributed by atoms with Gasteiger partial charge in [0.15, 0.2) is 18.2 Å². The van der Waals surface area contributed by atoms with Crippen molar-refractivity contribution in [3.63, 3.8) is 0 Å². The zero-order valence-corrected chi connectivity index (χ0v) is 13.3. The van der Waals surface area contributed by atoms with Crippen LogP contribution in [0.2, 0.25) is 0 Å². The monoisotopic (exact) mass is 317 g/mol. The number of nitrogens with zero attached hydrogens (tertiary/aromatic N) is 1. The maximum absolute atomic E-state index is 13.4. The molecule has 0 heterocycles. The molecule has 0 aliphatic rings. The Hall–Kier alpha value is -2.56. The number of halogens is 1. The summed E-state index contributed by atoms with van der Waals surface area (Å²) in [7, 11) is 1.68. The van der Waals surface area contributed by atoms with Gasteiger partial charge in [0, 0.05) is 13.6 Å². The predicted octanol–water partition coefficient (Wildman–Crippen LogP) is 3.26. The molecule has 2 aromatic carbocycles. The van der Waals surface area contributed by atoms with Gasteiger partial charge in [-0.05, 0) is 36.8 Å². The number of amides is 1. The first-order valence-corrected chi connectivity index (χ1v) is 7.43. The third-order valence-electron chi connectivity index (χ3n) is 3.27. The molecule has 0 saturated heterocycles. The molecule has 0 fully saturated rings. The quantitative estimate of drug-likeness (QED) is 0.787. The highest BCUT2D eigenvalue weighted by Crippen LogP contribution is 2.16. The van der Waals surface area contributed by atoms with E-state index in [1.165, 1.54) is 17.0 Å². The second-order valence-corrected chi connectivity index (χ2v) is 5.05. The highest BCUT2D eigenvalue weighted by Gasteiger charge is 2.11. The molecule has 0 N–H and O–H groups in total. The van der Waals surface area contributed by atoms with Crippen molar-refractivity contribution in [3.8, 4) is 11.5 Å². The molecule has 122 valence electrons. The molecular weight excluding hydrogens is 297 g/mol. The summed E-state index contributed by atoms with van der Waals surface area (Å²) in [5.41, 5.74) is 0.982. The van der Waals surface area contributed by atoms with Gasteiger partial charge in [-0.25, -0.2) is 4.39 Å². The number of carbonyl (C=O) groups excluding carboxylic acids is 1. The molecule has 4 nitrogen and oxygen atoms in total. The van der Waals surface area contributed by atoms with Crippen molar-refractivity contribution in [2.75, 3.05) is 20.3 Å². The van der Waals surface area contributed by atoms with Crippen LogP contribution < -0.4 is 9.47 Å². The van der Waals surface area contributed by atoms with Crippen molar-refractivity contribution in [1.82, 2.24) is 4.90 Å². The first-order chi connectivity index (χ1) is 11.1. The van der Waals surface area contributed by atoms with E-state index in [1.807, 2.05) is 31.2 Å². The number of ether oxygens (including phenoxy) is 2. The summed E-state index contributed by atoms with van der Waals surface area (Å²) in [6.45, 7) is 2.79. The van der Waals surface area contributed by atoms with Crippen LogP contribution in [0.15, 0.2) is 48.5 Å². The first-order valence-electron chi connectivity index (χ1n) is 7.43. The van der Waals surface area contributed by atoms with Crippen LogP contribution in [-0.4, -0.2) is 31.1 Å². The summed E-state index contributed by atoms with van der Waals surface area (Å²) in [5, 5.41) is 0. The van der Waals surface area contributed by atoms with Crippen molar-refractivity contribution in [2.24, 2.45) is 0 Å². The van der Waals surface area contributed by atoms with Gasteiger partial charge in [0.1, 0.15) is 5.75 Å². The van der Waals surface area contributed by atoms with Crippen LogP contribution in [0.5, 0.6) is 11.5 Å². The average Bonchev–Trinajstić information content (AvgIpc) is 2.56. The number of rotatable bonds is 7. The third kappa shape index (κ3) is 4.98. The third-order valence-corrected chi connectivity index (χ3v) is 3.27. The van der Waals surface area contributed by atoms with Gasteiger partial charge in [0.2, 0.25) is 0 Å². The van der Waals surface area contributed by atoms with Gasteiger partial charge >= 0.3 is 0 Å². The van der Waals surface area contributed by atoms with Crippen LogP contribution in [0.4, 0.5) is 4.39 Å². The number of hydrogen-bond acceptors (Lipinski definition) is 3. The lowest BCUT2D eigenvalue weighted by molar-refractivity contribution is -0.132. The molecule has 0 aliphatic carbocycles. The number of para-hydroxylation sites is 1. The minimum atomic E-state index is -0.477. The van der Waals surface area contributed by atoms with Crippen molar-refractivity contribution in [2.45, 2.75) is 13.5 Å². The van der Waals surface area contributed by atoms with E-state index in [1.54, 1.807) is 19.2 Å². The maximum atomic E-state index is 13.4. The molecule has 0 saturated carbocycles. The van der Waals surface area contributed by atoms with Crippen molar-refractivity contribution in [1.29, 1.82) is 0 Å². The van der Waals surface area contributed by atoms with Crippen LogP contribution in [0.1, 0.15) is 12.5 Å². The standard InChI is InChI=1S/C18H20FNO3/c1-3-22-15-10-8-14(9-11-15)12-20(2)18(21)13-23-17-7-5-4-6-16(17)19/h4-11H,3,12-13H2,1-2H3. The van der Waals surface area contributed by atoms with Crippen molar-refractivity contribution in [3.05, 3.63) is 59.9 Å². The molecule has 2 aromatic rings. The minimum absolute atomic E-state index is 0.0790. The molecule has 5 heteroatoms. The summed E-state index contributed by atoms with van der Waals surface area (Å²) >= 11 is 0. The van der Waals surface area contributed by atoms with E-state index in [9.17, 15) is 9.18 Å². The highest BCUT2D eigenvalue weighted by molar-refractivity contribution is 5.77. The second-order valence-electron chi connectivity index (χ2n) is 5.05. The second kappa shape index (κ2) is 8.17. The van der Waals surface area contributed by atoms with Gasteiger partial charge < -0.3 is 14.4 Å². The Kier molecular flexibility index (Phi) is 5.97. The number of likely N-dealkylation sites (N-methyl/N-ethyl adjacent to an activating group) is 1. The normalized spacial score (nSPS) is 10.2. The predicted molar refractivity (Wildman–Crippen MR) is 86.0 cm³/mol. The molecule has 23 heavy (non-hydrogen) atoms. The molecule has 1 amide bonds. The highest BCUT2D eigenvalue weighted by atomic mass is 19.1. The fraction of sp³-hybridized carbons (Fsp3) is 0.278. The van der Waals surface area contributed by atoms with Crippen molar-refractivity contribution >= 4 is 5.91 Å². The minimum Gasteiger partial charge on any atom is -0.494 e. The van der Waals surface area contributed by atoms with E-state index in [0.717, 1.165) is 11.3 Å². The number of hydrogen-bond donors (Lipinski definition) is 0. The van der Waals surface area contributed by atoms with Gasteiger partial charge in [0.25, 0.3) is 5.91 Å².